The molecule has 0 aliphatic carbocycles. The quantitative estimate of drug-likeness (QED) is 0.808. The first-order chi connectivity index (χ1) is 10.9. The van der Waals surface area contributed by atoms with Crippen molar-refractivity contribution in [2.45, 2.75) is 19.8 Å². The lowest BCUT2D eigenvalue weighted by molar-refractivity contribution is -0.126. The van der Waals surface area contributed by atoms with Crippen molar-refractivity contribution in [2.24, 2.45) is 5.92 Å². The van der Waals surface area contributed by atoms with Crippen molar-refractivity contribution in [3.63, 3.8) is 0 Å². The van der Waals surface area contributed by atoms with Crippen molar-refractivity contribution in [1.82, 2.24) is 10.2 Å². The number of anilines is 1. The molecule has 1 N–H and O–H groups in total. The lowest BCUT2D eigenvalue weighted by Crippen LogP contribution is -2.34. The topological polar surface area (TPSA) is 52.7 Å². The highest BCUT2D eigenvalue weighted by Gasteiger charge is 2.35. The van der Waals surface area contributed by atoms with Crippen molar-refractivity contribution in [1.29, 1.82) is 0 Å². The first kappa shape index (κ1) is 17.8. The van der Waals surface area contributed by atoms with Gasteiger partial charge < -0.3 is 15.1 Å². The van der Waals surface area contributed by atoms with Crippen LogP contribution in [-0.2, 0) is 9.59 Å². The summed E-state index contributed by atoms with van der Waals surface area (Å²) < 4.78 is 0. The number of hydrogen-bond acceptors (Lipinski definition) is 3. The third kappa shape index (κ3) is 4.69. The largest absolute Gasteiger partial charge is 0.356 e. The predicted octanol–water partition coefficient (Wildman–Crippen LogP) is 2.07. The zero-order valence-corrected chi connectivity index (χ0v) is 14.7. The Labute approximate surface area is 142 Å². The number of nitrogens with zero attached hydrogens (tertiary/aromatic N) is 2. The molecule has 0 spiro atoms. The number of halogens is 1. The van der Waals surface area contributed by atoms with Gasteiger partial charge in [0.15, 0.2) is 0 Å². The smallest absolute Gasteiger partial charge is 0.227 e. The molecule has 2 rings (SSSR count). The van der Waals surface area contributed by atoms with Gasteiger partial charge in [-0.1, -0.05) is 17.7 Å². The van der Waals surface area contributed by atoms with Gasteiger partial charge in [0, 0.05) is 30.2 Å². The summed E-state index contributed by atoms with van der Waals surface area (Å²) in [7, 11) is 4.00. The molecule has 126 valence electrons. The second-order valence-electron chi connectivity index (χ2n) is 6.29. The molecule has 1 aromatic rings. The van der Waals surface area contributed by atoms with Crippen LogP contribution in [0.3, 0.4) is 0 Å². The van der Waals surface area contributed by atoms with E-state index in [0.29, 0.717) is 18.1 Å². The van der Waals surface area contributed by atoms with Crippen molar-refractivity contribution < 1.29 is 9.59 Å². The summed E-state index contributed by atoms with van der Waals surface area (Å²) in [5.74, 6) is -0.363. The molecule has 1 atom stereocenters. The lowest BCUT2D eigenvalue weighted by Gasteiger charge is -2.17. The highest BCUT2D eigenvalue weighted by Crippen LogP contribution is 2.28. The standard InChI is InChI=1S/C17H24ClN3O2/c1-12-5-6-14(10-15(12)18)21-11-13(9-16(21)22)17(23)19-7-4-8-20(2)3/h5-6,10,13H,4,7-9,11H2,1-3H3,(H,19,23)/t13-/m0/s1. The van der Waals surface area contributed by atoms with E-state index in [4.69, 9.17) is 11.6 Å². The predicted molar refractivity (Wildman–Crippen MR) is 92.8 cm³/mol. The van der Waals surface area contributed by atoms with Gasteiger partial charge >= 0.3 is 0 Å². The molecule has 1 aliphatic rings. The maximum Gasteiger partial charge on any atom is 0.227 e. The Morgan fingerprint density at radius 2 is 2.17 bits per heavy atom. The van der Waals surface area contributed by atoms with Crippen molar-refractivity contribution in [3.05, 3.63) is 28.8 Å². The van der Waals surface area contributed by atoms with Gasteiger partial charge in [0.25, 0.3) is 0 Å². The molecule has 1 saturated heterocycles. The Morgan fingerprint density at radius 1 is 1.43 bits per heavy atom. The fraction of sp³-hybridized carbons (Fsp3) is 0.529. The van der Waals surface area contributed by atoms with E-state index in [2.05, 4.69) is 10.2 Å². The first-order valence-corrected chi connectivity index (χ1v) is 8.25. The molecular formula is C17H24ClN3O2. The molecule has 1 heterocycles. The Morgan fingerprint density at radius 3 is 2.83 bits per heavy atom. The van der Waals surface area contributed by atoms with Crippen molar-refractivity contribution in [2.75, 3.05) is 38.6 Å². The highest BCUT2D eigenvalue weighted by molar-refractivity contribution is 6.31. The van der Waals surface area contributed by atoms with E-state index in [9.17, 15) is 9.59 Å². The molecule has 1 aliphatic heterocycles. The number of carbonyl (C=O) groups excluding carboxylic acids is 2. The van der Waals surface area contributed by atoms with Crippen LogP contribution >= 0.6 is 11.6 Å². The highest BCUT2D eigenvalue weighted by atomic mass is 35.5. The number of nitrogens with one attached hydrogen (secondary N) is 1. The van der Waals surface area contributed by atoms with Crippen LogP contribution in [-0.4, -0.2) is 50.4 Å². The van der Waals surface area contributed by atoms with Crippen LogP contribution in [0.25, 0.3) is 0 Å². The normalized spacial score (nSPS) is 17.9. The molecular weight excluding hydrogens is 314 g/mol. The van der Waals surface area contributed by atoms with E-state index in [1.807, 2.05) is 33.2 Å². The second kappa shape index (κ2) is 7.79. The number of amides is 2. The number of rotatable bonds is 6. The Balaban J connectivity index is 1.91. The maximum absolute atomic E-state index is 12.2. The van der Waals surface area contributed by atoms with Crippen LogP contribution in [0.4, 0.5) is 5.69 Å². The van der Waals surface area contributed by atoms with Crippen molar-refractivity contribution in [3.8, 4) is 0 Å². The van der Waals surface area contributed by atoms with E-state index in [-0.39, 0.29) is 24.2 Å². The SMILES string of the molecule is Cc1ccc(N2C[C@@H](C(=O)NCCCN(C)C)CC2=O)cc1Cl. The first-order valence-electron chi connectivity index (χ1n) is 7.87. The fourth-order valence-electron chi connectivity index (χ4n) is 2.63. The van der Waals surface area contributed by atoms with Crippen molar-refractivity contribution >= 4 is 29.1 Å². The number of aryl methyl sites for hydroxylation is 1. The number of hydrogen-bond donors (Lipinski definition) is 1. The van der Waals surface area contributed by atoms with Gasteiger partial charge in [-0.05, 0) is 51.7 Å². The van der Waals surface area contributed by atoms with Gasteiger partial charge in [-0.2, -0.15) is 0 Å². The number of benzene rings is 1. The third-order valence-electron chi connectivity index (χ3n) is 4.04. The van der Waals surface area contributed by atoms with Crippen LogP contribution in [0, 0.1) is 12.8 Å². The summed E-state index contributed by atoms with van der Waals surface area (Å²) in [6, 6.07) is 5.54. The minimum Gasteiger partial charge on any atom is -0.356 e. The average Bonchev–Trinajstić information content (AvgIpc) is 2.88. The summed E-state index contributed by atoms with van der Waals surface area (Å²) in [4.78, 5) is 28.1. The molecule has 6 heteroatoms. The molecule has 1 fully saturated rings. The third-order valence-corrected chi connectivity index (χ3v) is 4.45. The van der Waals surface area contributed by atoms with Crippen LogP contribution in [0.5, 0.6) is 0 Å². The van der Waals surface area contributed by atoms with Gasteiger partial charge in [0.1, 0.15) is 0 Å². The zero-order valence-electron chi connectivity index (χ0n) is 13.9. The minimum absolute atomic E-state index is 0.0293. The van der Waals surface area contributed by atoms with Crippen LogP contribution in [0.2, 0.25) is 5.02 Å². The number of carbonyl (C=O) groups is 2. The summed E-state index contributed by atoms with van der Waals surface area (Å²) in [6.45, 7) is 3.90. The maximum atomic E-state index is 12.2. The van der Waals surface area contributed by atoms with E-state index in [1.165, 1.54) is 0 Å². The van der Waals surface area contributed by atoms with Gasteiger partial charge in [0.2, 0.25) is 11.8 Å². The Kier molecular flexibility index (Phi) is 6.02. The van der Waals surface area contributed by atoms with E-state index >= 15 is 0 Å². The molecule has 1 aromatic carbocycles. The molecule has 0 radical (unpaired) electrons. The van der Waals surface area contributed by atoms with Gasteiger partial charge in [-0.15, -0.1) is 0 Å². The van der Waals surface area contributed by atoms with Gasteiger partial charge in [-0.3, -0.25) is 9.59 Å². The molecule has 23 heavy (non-hydrogen) atoms. The zero-order chi connectivity index (χ0) is 17.0. The molecule has 5 nitrogen and oxygen atoms in total. The van der Waals surface area contributed by atoms with Crippen LogP contribution < -0.4 is 10.2 Å². The molecule has 0 bridgehead atoms. The van der Waals surface area contributed by atoms with E-state index in [0.717, 1.165) is 24.2 Å². The molecule has 2 amide bonds. The Bertz CT molecular complexity index is 589. The van der Waals surface area contributed by atoms with E-state index < -0.39 is 0 Å². The Hall–Kier alpha value is -1.59. The van der Waals surface area contributed by atoms with Crippen LogP contribution in [0.1, 0.15) is 18.4 Å². The lowest BCUT2D eigenvalue weighted by atomic mass is 10.1. The monoisotopic (exact) mass is 337 g/mol. The summed E-state index contributed by atoms with van der Waals surface area (Å²) in [5.41, 5.74) is 1.73. The van der Waals surface area contributed by atoms with Gasteiger partial charge in [-0.25, -0.2) is 0 Å². The van der Waals surface area contributed by atoms with Crippen LogP contribution in [0.15, 0.2) is 18.2 Å². The molecule has 0 saturated carbocycles. The minimum atomic E-state index is -0.290. The summed E-state index contributed by atoms with van der Waals surface area (Å²) >= 11 is 6.13. The average molecular weight is 338 g/mol. The summed E-state index contributed by atoms with van der Waals surface area (Å²) in [6.07, 6.45) is 1.15. The molecule has 0 aromatic heterocycles. The van der Waals surface area contributed by atoms with E-state index in [1.54, 1.807) is 11.0 Å². The second-order valence-corrected chi connectivity index (χ2v) is 6.69. The molecule has 0 unspecified atom stereocenters. The van der Waals surface area contributed by atoms with Gasteiger partial charge in [0.05, 0.1) is 5.92 Å². The fourth-order valence-corrected chi connectivity index (χ4v) is 2.81. The summed E-state index contributed by atoms with van der Waals surface area (Å²) in [5, 5.41) is 3.55.